The molecule has 0 radical (unpaired) electrons. The molecule has 13 heteroatoms. The van der Waals surface area contributed by atoms with Gasteiger partial charge in [0.2, 0.25) is 5.91 Å². The summed E-state index contributed by atoms with van der Waals surface area (Å²) in [6, 6.07) is 19.3. The molecular formula is C24H24F3N2O6PS. The van der Waals surface area contributed by atoms with E-state index in [1.54, 1.807) is 24.3 Å². The molecule has 198 valence electrons. The van der Waals surface area contributed by atoms with Gasteiger partial charge in [-0.15, -0.1) is 0 Å². The van der Waals surface area contributed by atoms with Gasteiger partial charge in [0.05, 0.1) is 12.2 Å². The van der Waals surface area contributed by atoms with Crippen LogP contribution >= 0.6 is 19.6 Å². The summed E-state index contributed by atoms with van der Waals surface area (Å²) in [6.07, 6.45) is -4.74. The van der Waals surface area contributed by atoms with Crippen molar-refractivity contribution in [3.8, 4) is 5.75 Å². The zero-order valence-corrected chi connectivity index (χ0v) is 21.1. The van der Waals surface area contributed by atoms with Gasteiger partial charge in [-0.1, -0.05) is 48.2 Å². The highest BCUT2D eigenvalue weighted by molar-refractivity contribution is 7.99. The van der Waals surface area contributed by atoms with Crippen LogP contribution in [0.1, 0.15) is 18.1 Å². The van der Waals surface area contributed by atoms with Gasteiger partial charge in [0.15, 0.2) is 0 Å². The smallest absolute Gasteiger partial charge is 0.469 e. The molecule has 0 heterocycles. The molecule has 8 nitrogen and oxygen atoms in total. The van der Waals surface area contributed by atoms with E-state index in [-0.39, 0.29) is 10.6 Å². The monoisotopic (exact) mass is 556 g/mol. The Morgan fingerprint density at radius 2 is 1.76 bits per heavy atom. The maximum absolute atomic E-state index is 13.9. The van der Waals surface area contributed by atoms with E-state index in [4.69, 9.17) is 20.3 Å². The summed E-state index contributed by atoms with van der Waals surface area (Å²) in [4.78, 5) is 30.4. The molecule has 1 atom stereocenters. The Labute approximate surface area is 215 Å². The molecule has 3 aromatic carbocycles. The number of nitrogens with two attached hydrogens (primary N) is 1. The van der Waals surface area contributed by atoms with Gasteiger partial charge in [0.25, 0.3) is 0 Å². The van der Waals surface area contributed by atoms with Crippen LogP contribution in [0.15, 0.2) is 82.6 Å². The number of hydrogen-bond donors (Lipinski definition) is 4. The molecule has 3 rings (SSSR count). The topological polar surface area (TPSA) is 131 Å². The summed E-state index contributed by atoms with van der Waals surface area (Å²) in [5.74, 6) is -0.496. The lowest BCUT2D eigenvalue weighted by molar-refractivity contribution is -0.139. The van der Waals surface area contributed by atoms with E-state index in [0.29, 0.717) is 17.3 Å². The fraction of sp³-hybridized carbons (Fsp3) is 0.208. The highest BCUT2D eigenvalue weighted by Gasteiger charge is 2.35. The van der Waals surface area contributed by atoms with E-state index in [1.165, 1.54) is 12.1 Å². The second-order valence-electron chi connectivity index (χ2n) is 8.20. The molecule has 0 spiro atoms. The third-order valence-corrected chi connectivity index (χ3v) is 6.41. The molecule has 0 aliphatic carbocycles. The third-order valence-electron chi connectivity index (χ3n) is 4.88. The van der Waals surface area contributed by atoms with Crippen molar-refractivity contribution in [2.75, 3.05) is 11.9 Å². The normalized spacial score (nSPS) is 13.6. The minimum absolute atomic E-state index is 0.106. The van der Waals surface area contributed by atoms with Gasteiger partial charge in [-0.2, -0.15) is 13.2 Å². The van der Waals surface area contributed by atoms with Crippen molar-refractivity contribution in [2.45, 2.75) is 35.0 Å². The molecule has 0 aromatic heterocycles. The van der Waals surface area contributed by atoms with Crippen molar-refractivity contribution in [1.29, 1.82) is 0 Å². The second kappa shape index (κ2) is 11.7. The predicted octanol–water partition coefficient (Wildman–Crippen LogP) is 5.20. The molecule has 1 amide bonds. The SMILES string of the molecule is C[C@](N)(COP(=O)(O)O)C(=O)Nc1ccc(Sc2cccc(OCc3ccccc3)c2)c(C(F)(F)F)c1. The summed E-state index contributed by atoms with van der Waals surface area (Å²) in [7, 11) is -4.90. The summed E-state index contributed by atoms with van der Waals surface area (Å²) < 4.78 is 62.5. The number of amides is 1. The number of halogens is 3. The molecule has 0 fully saturated rings. The lowest BCUT2D eigenvalue weighted by Gasteiger charge is -2.24. The number of carbonyl (C=O) groups is 1. The largest absolute Gasteiger partial charge is 0.489 e. The Bertz CT molecular complexity index is 1280. The van der Waals surface area contributed by atoms with Gasteiger partial charge in [-0.3, -0.25) is 9.32 Å². The Morgan fingerprint density at radius 3 is 2.41 bits per heavy atom. The molecule has 37 heavy (non-hydrogen) atoms. The lowest BCUT2D eigenvalue weighted by Crippen LogP contribution is -2.52. The molecule has 0 saturated heterocycles. The van der Waals surface area contributed by atoms with Crippen LogP contribution in [-0.4, -0.2) is 27.8 Å². The van der Waals surface area contributed by atoms with Crippen LogP contribution in [-0.2, 0) is 26.7 Å². The average Bonchev–Trinajstić information content (AvgIpc) is 2.82. The van der Waals surface area contributed by atoms with Crippen LogP contribution in [0, 0.1) is 0 Å². The predicted molar refractivity (Wildman–Crippen MR) is 132 cm³/mol. The van der Waals surface area contributed by atoms with Gasteiger partial charge in [-0.05, 0) is 48.9 Å². The molecular weight excluding hydrogens is 532 g/mol. The summed E-state index contributed by atoms with van der Waals surface area (Å²) in [5, 5.41) is 2.24. The zero-order chi connectivity index (χ0) is 27.3. The number of rotatable bonds is 10. The number of phosphoric acid groups is 1. The molecule has 3 aromatic rings. The van der Waals surface area contributed by atoms with Crippen LogP contribution in [0.2, 0.25) is 0 Å². The number of ether oxygens (including phenoxy) is 1. The van der Waals surface area contributed by atoms with Gasteiger partial charge >= 0.3 is 14.0 Å². The van der Waals surface area contributed by atoms with E-state index in [0.717, 1.165) is 30.3 Å². The number of nitrogens with one attached hydrogen (secondary N) is 1. The quantitative estimate of drug-likeness (QED) is 0.251. The van der Waals surface area contributed by atoms with Crippen LogP contribution in [0.4, 0.5) is 18.9 Å². The number of alkyl halides is 3. The third kappa shape index (κ3) is 8.89. The number of benzene rings is 3. The number of hydrogen-bond acceptors (Lipinski definition) is 6. The fourth-order valence-electron chi connectivity index (χ4n) is 2.97. The highest BCUT2D eigenvalue weighted by atomic mass is 32.2. The van der Waals surface area contributed by atoms with Crippen molar-refractivity contribution < 1.29 is 41.6 Å². The van der Waals surface area contributed by atoms with Crippen LogP contribution in [0.3, 0.4) is 0 Å². The van der Waals surface area contributed by atoms with Crippen LogP contribution in [0.5, 0.6) is 5.75 Å². The van der Waals surface area contributed by atoms with Gasteiger partial charge < -0.3 is 25.6 Å². The second-order valence-corrected chi connectivity index (χ2v) is 10.6. The molecule has 0 saturated carbocycles. The van der Waals surface area contributed by atoms with E-state index in [9.17, 15) is 22.5 Å². The maximum atomic E-state index is 13.9. The summed E-state index contributed by atoms with van der Waals surface area (Å²) >= 11 is 0.877. The highest BCUT2D eigenvalue weighted by Crippen LogP contribution is 2.41. The Hall–Kier alpha value is -2.86. The molecule has 0 unspecified atom stereocenters. The fourth-order valence-corrected chi connectivity index (χ4v) is 4.40. The minimum atomic E-state index is -4.90. The van der Waals surface area contributed by atoms with Gasteiger partial charge in [0, 0.05) is 15.5 Å². The maximum Gasteiger partial charge on any atom is 0.469 e. The van der Waals surface area contributed by atoms with E-state index >= 15 is 0 Å². The average molecular weight is 556 g/mol. The summed E-state index contributed by atoms with van der Waals surface area (Å²) in [5.41, 5.74) is 3.56. The summed E-state index contributed by atoms with van der Waals surface area (Å²) in [6.45, 7) is 0.571. The Kier molecular flexibility index (Phi) is 9.06. The van der Waals surface area contributed by atoms with E-state index in [1.807, 2.05) is 30.3 Å². The van der Waals surface area contributed by atoms with Gasteiger partial charge in [0.1, 0.15) is 17.9 Å². The zero-order valence-electron chi connectivity index (χ0n) is 19.4. The number of carbonyl (C=O) groups excluding carboxylic acids is 1. The van der Waals surface area contributed by atoms with Crippen molar-refractivity contribution in [1.82, 2.24) is 0 Å². The van der Waals surface area contributed by atoms with E-state index in [2.05, 4.69) is 9.84 Å². The minimum Gasteiger partial charge on any atom is -0.489 e. The standard InChI is InChI=1S/C24H24F3N2O6PS/c1-23(28,15-35-36(31,32)33)22(30)29-17-10-11-21(20(12-17)24(25,26)27)37-19-9-5-8-18(13-19)34-14-16-6-3-2-4-7-16/h2-13H,14-15,28H2,1H3,(H,29,30)(H2,31,32,33)/t23-/m0/s1. The van der Waals surface area contributed by atoms with Crippen molar-refractivity contribution in [3.05, 3.63) is 83.9 Å². The Morgan fingerprint density at radius 1 is 1.05 bits per heavy atom. The first-order valence-electron chi connectivity index (χ1n) is 10.7. The molecule has 0 bridgehead atoms. The first-order valence-corrected chi connectivity index (χ1v) is 13.0. The Balaban J connectivity index is 1.76. The van der Waals surface area contributed by atoms with Gasteiger partial charge in [-0.25, -0.2) is 4.57 Å². The lowest BCUT2D eigenvalue weighted by atomic mass is 10.0. The molecule has 0 aliphatic heterocycles. The number of phosphoric ester groups is 1. The van der Waals surface area contributed by atoms with E-state index < -0.39 is 37.6 Å². The van der Waals surface area contributed by atoms with Crippen molar-refractivity contribution >= 4 is 31.2 Å². The first kappa shape index (κ1) is 28.7. The molecule has 5 N–H and O–H groups in total. The number of anilines is 1. The van der Waals surface area contributed by atoms with Crippen LogP contribution in [0.25, 0.3) is 0 Å². The van der Waals surface area contributed by atoms with Crippen molar-refractivity contribution in [3.63, 3.8) is 0 Å². The first-order chi connectivity index (χ1) is 17.2. The van der Waals surface area contributed by atoms with Crippen LogP contribution < -0.4 is 15.8 Å². The molecule has 0 aliphatic rings. The van der Waals surface area contributed by atoms with Crippen molar-refractivity contribution in [2.24, 2.45) is 5.73 Å².